The number of fused-ring (bicyclic) bond motifs is 3. The molecule has 1 amide bonds. The van der Waals surface area contributed by atoms with Crippen LogP contribution >= 0.6 is 23.4 Å². The second-order valence-corrected chi connectivity index (χ2v) is 7.45. The molecular formula is C19H16ClN3OS. The molecule has 0 fully saturated rings. The first-order valence-corrected chi connectivity index (χ1v) is 9.26. The molecule has 0 bridgehead atoms. The second-order valence-electron chi connectivity index (χ2n) is 6.02. The predicted molar refractivity (Wildman–Crippen MR) is 102 cm³/mol. The van der Waals surface area contributed by atoms with Crippen molar-refractivity contribution in [3.8, 4) is 11.3 Å². The van der Waals surface area contributed by atoms with E-state index < -0.39 is 0 Å². The number of thioether (sulfide) groups is 1. The molecule has 1 aliphatic heterocycles. The third-order valence-electron chi connectivity index (χ3n) is 4.25. The van der Waals surface area contributed by atoms with Gasteiger partial charge in [-0.3, -0.25) is 9.48 Å². The van der Waals surface area contributed by atoms with Crippen molar-refractivity contribution in [2.45, 2.75) is 17.6 Å². The van der Waals surface area contributed by atoms with E-state index in [2.05, 4.69) is 22.5 Å². The number of aromatic nitrogens is 2. The maximum absolute atomic E-state index is 12.8. The number of rotatable bonds is 2. The average Bonchev–Trinajstić information content (AvgIpc) is 2.95. The molecule has 1 N–H and O–H groups in total. The molecule has 6 heteroatoms. The van der Waals surface area contributed by atoms with E-state index in [4.69, 9.17) is 11.6 Å². The predicted octanol–water partition coefficient (Wildman–Crippen LogP) is 4.91. The minimum Gasteiger partial charge on any atom is -0.319 e. The summed E-state index contributed by atoms with van der Waals surface area (Å²) in [5, 5.41) is 7.89. The Morgan fingerprint density at radius 1 is 1.28 bits per heavy atom. The number of nitrogens with zero attached hydrogens (tertiary/aromatic N) is 2. The SMILES string of the molecule is Cc1ccc(NC(=O)c2nn(C)c3c2CSc2ccccc2-3)c(Cl)c1. The van der Waals surface area contributed by atoms with Gasteiger partial charge in [-0.1, -0.05) is 35.9 Å². The average molecular weight is 370 g/mol. The van der Waals surface area contributed by atoms with Crippen LogP contribution in [-0.4, -0.2) is 15.7 Å². The molecule has 1 aromatic heterocycles. The Morgan fingerprint density at radius 3 is 2.88 bits per heavy atom. The number of hydrogen-bond acceptors (Lipinski definition) is 3. The first kappa shape index (κ1) is 16.2. The van der Waals surface area contributed by atoms with Crippen molar-refractivity contribution in [2.75, 3.05) is 5.32 Å². The van der Waals surface area contributed by atoms with E-state index >= 15 is 0 Å². The van der Waals surface area contributed by atoms with Crippen LogP contribution in [0, 0.1) is 6.92 Å². The summed E-state index contributed by atoms with van der Waals surface area (Å²) in [6.07, 6.45) is 0. The normalized spacial score (nSPS) is 12.4. The molecule has 2 heterocycles. The van der Waals surface area contributed by atoms with Crippen molar-refractivity contribution in [2.24, 2.45) is 7.05 Å². The van der Waals surface area contributed by atoms with Gasteiger partial charge in [0, 0.05) is 28.8 Å². The maximum Gasteiger partial charge on any atom is 0.276 e. The van der Waals surface area contributed by atoms with Crippen molar-refractivity contribution in [3.63, 3.8) is 0 Å². The molecule has 1 aliphatic rings. The highest BCUT2D eigenvalue weighted by molar-refractivity contribution is 7.98. The van der Waals surface area contributed by atoms with Crippen molar-refractivity contribution in [3.05, 3.63) is 64.3 Å². The van der Waals surface area contributed by atoms with Gasteiger partial charge < -0.3 is 5.32 Å². The quantitative estimate of drug-likeness (QED) is 0.698. The molecule has 25 heavy (non-hydrogen) atoms. The topological polar surface area (TPSA) is 46.9 Å². The van der Waals surface area contributed by atoms with E-state index in [1.807, 2.05) is 44.3 Å². The standard InChI is InChI=1S/C19H16ClN3OS/c1-11-7-8-15(14(20)9-11)21-19(24)17-13-10-25-16-6-4-3-5-12(16)18(13)23(2)22-17/h3-9H,10H2,1-2H3,(H,21,24). The van der Waals surface area contributed by atoms with Crippen LogP contribution < -0.4 is 5.32 Å². The zero-order valence-corrected chi connectivity index (χ0v) is 15.4. The molecule has 0 spiro atoms. The van der Waals surface area contributed by atoms with Crippen LogP contribution in [0.2, 0.25) is 5.02 Å². The third-order valence-corrected chi connectivity index (χ3v) is 5.66. The fourth-order valence-corrected chi connectivity index (χ4v) is 4.42. The first-order valence-electron chi connectivity index (χ1n) is 7.90. The van der Waals surface area contributed by atoms with E-state index in [0.717, 1.165) is 28.1 Å². The maximum atomic E-state index is 12.8. The molecule has 0 saturated carbocycles. The number of hydrogen-bond donors (Lipinski definition) is 1. The van der Waals surface area contributed by atoms with Crippen molar-refractivity contribution in [1.82, 2.24) is 9.78 Å². The van der Waals surface area contributed by atoms with Crippen LogP contribution in [0.15, 0.2) is 47.4 Å². The van der Waals surface area contributed by atoms with Gasteiger partial charge in [-0.15, -0.1) is 11.8 Å². The lowest BCUT2D eigenvalue weighted by molar-refractivity contribution is 0.102. The third kappa shape index (κ3) is 2.83. The van der Waals surface area contributed by atoms with Crippen LogP contribution in [0.1, 0.15) is 21.6 Å². The molecule has 3 aromatic rings. The van der Waals surface area contributed by atoms with Gasteiger partial charge in [-0.25, -0.2) is 0 Å². The van der Waals surface area contributed by atoms with E-state index in [1.165, 1.54) is 4.90 Å². The molecule has 0 unspecified atom stereocenters. The molecule has 0 radical (unpaired) electrons. The lowest BCUT2D eigenvalue weighted by Gasteiger charge is -2.17. The van der Waals surface area contributed by atoms with Crippen molar-refractivity contribution in [1.29, 1.82) is 0 Å². The summed E-state index contributed by atoms with van der Waals surface area (Å²) in [6.45, 7) is 1.96. The summed E-state index contributed by atoms with van der Waals surface area (Å²) in [5.41, 5.74) is 5.19. The van der Waals surface area contributed by atoms with Crippen molar-refractivity contribution < 1.29 is 4.79 Å². The summed E-state index contributed by atoms with van der Waals surface area (Å²) >= 11 is 7.96. The molecule has 0 aliphatic carbocycles. The number of carbonyl (C=O) groups is 1. The van der Waals surface area contributed by atoms with Gasteiger partial charge in [-0.2, -0.15) is 5.10 Å². The Labute approximate surface area is 155 Å². The summed E-state index contributed by atoms with van der Waals surface area (Å²) in [5.74, 6) is 0.493. The Hall–Kier alpha value is -2.24. The van der Waals surface area contributed by atoms with Gasteiger partial charge in [0.1, 0.15) is 0 Å². The monoisotopic (exact) mass is 369 g/mol. The fourth-order valence-electron chi connectivity index (χ4n) is 3.06. The van der Waals surface area contributed by atoms with Gasteiger partial charge in [0.2, 0.25) is 0 Å². The van der Waals surface area contributed by atoms with Crippen LogP contribution in [-0.2, 0) is 12.8 Å². The Morgan fingerprint density at radius 2 is 2.08 bits per heavy atom. The highest BCUT2D eigenvalue weighted by Gasteiger charge is 2.27. The lowest BCUT2D eigenvalue weighted by Crippen LogP contribution is -2.15. The molecule has 2 aromatic carbocycles. The number of amides is 1. The van der Waals surface area contributed by atoms with E-state index in [1.54, 1.807) is 16.4 Å². The molecule has 4 rings (SSSR count). The summed E-state index contributed by atoms with van der Waals surface area (Å²) in [4.78, 5) is 14.0. The highest BCUT2D eigenvalue weighted by Crippen LogP contribution is 2.42. The van der Waals surface area contributed by atoms with Crippen molar-refractivity contribution >= 4 is 35.0 Å². The number of aryl methyl sites for hydroxylation is 2. The van der Waals surface area contributed by atoms with Gasteiger partial charge >= 0.3 is 0 Å². The Bertz CT molecular complexity index is 996. The van der Waals surface area contributed by atoms with Crippen LogP contribution in [0.4, 0.5) is 5.69 Å². The van der Waals surface area contributed by atoms with Crippen LogP contribution in [0.3, 0.4) is 0 Å². The Balaban J connectivity index is 1.72. The van der Waals surface area contributed by atoms with Crippen LogP contribution in [0.25, 0.3) is 11.3 Å². The zero-order valence-electron chi connectivity index (χ0n) is 13.8. The number of anilines is 1. The molecule has 126 valence electrons. The van der Waals surface area contributed by atoms with E-state index in [9.17, 15) is 4.79 Å². The molecular weight excluding hydrogens is 354 g/mol. The Kier molecular flexibility index (Phi) is 4.06. The fraction of sp³-hybridized carbons (Fsp3) is 0.158. The largest absolute Gasteiger partial charge is 0.319 e. The summed E-state index contributed by atoms with van der Waals surface area (Å²) < 4.78 is 1.79. The summed E-state index contributed by atoms with van der Waals surface area (Å²) in [7, 11) is 1.88. The van der Waals surface area contributed by atoms with Gasteiger partial charge in [0.15, 0.2) is 5.69 Å². The molecule has 0 atom stereocenters. The van der Waals surface area contributed by atoms with Gasteiger partial charge in [0.05, 0.1) is 16.4 Å². The molecule has 4 nitrogen and oxygen atoms in total. The smallest absolute Gasteiger partial charge is 0.276 e. The number of carbonyl (C=O) groups excluding carboxylic acids is 1. The summed E-state index contributed by atoms with van der Waals surface area (Å²) in [6, 6.07) is 13.8. The zero-order chi connectivity index (χ0) is 17.6. The number of nitrogens with one attached hydrogen (secondary N) is 1. The number of benzene rings is 2. The van der Waals surface area contributed by atoms with Gasteiger partial charge in [-0.05, 0) is 30.7 Å². The minimum absolute atomic E-state index is 0.234. The second kappa shape index (κ2) is 6.24. The number of halogens is 1. The van der Waals surface area contributed by atoms with E-state index in [0.29, 0.717) is 16.4 Å². The van der Waals surface area contributed by atoms with Crippen LogP contribution in [0.5, 0.6) is 0 Å². The minimum atomic E-state index is -0.234. The first-order chi connectivity index (χ1) is 12.0. The molecule has 0 saturated heterocycles. The lowest BCUT2D eigenvalue weighted by atomic mass is 10.1. The van der Waals surface area contributed by atoms with E-state index in [-0.39, 0.29) is 5.91 Å². The van der Waals surface area contributed by atoms with Gasteiger partial charge in [0.25, 0.3) is 5.91 Å². The highest BCUT2D eigenvalue weighted by atomic mass is 35.5.